The van der Waals surface area contributed by atoms with Gasteiger partial charge in [-0.25, -0.2) is 0 Å². The van der Waals surface area contributed by atoms with Gasteiger partial charge >= 0.3 is 0 Å². The van der Waals surface area contributed by atoms with E-state index in [0.29, 0.717) is 18.5 Å². The SMILES string of the molecule is CCc1ccc(CCC(=O)Nc2ccc[nH]c2=O)cc1. The number of nitrogens with one attached hydrogen (secondary N) is 2. The van der Waals surface area contributed by atoms with Gasteiger partial charge in [0.25, 0.3) is 5.56 Å². The maximum absolute atomic E-state index is 11.8. The Morgan fingerprint density at radius 1 is 1.15 bits per heavy atom. The van der Waals surface area contributed by atoms with Crippen molar-refractivity contribution in [2.24, 2.45) is 0 Å². The number of hydrogen-bond acceptors (Lipinski definition) is 2. The summed E-state index contributed by atoms with van der Waals surface area (Å²) in [5, 5.41) is 2.62. The number of pyridine rings is 1. The number of aromatic nitrogens is 1. The molecule has 2 N–H and O–H groups in total. The van der Waals surface area contributed by atoms with Crippen LogP contribution in [0.25, 0.3) is 0 Å². The van der Waals surface area contributed by atoms with E-state index in [0.717, 1.165) is 12.0 Å². The first kappa shape index (κ1) is 14.1. The zero-order valence-corrected chi connectivity index (χ0v) is 11.5. The number of aryl methyl sites for hydroxylation is 2. The predicted molar refractivity (Wildman–Crippen MR) is 79.8 cm³/mol. The van der Waals surface area contributed by atoms with Crippen molar-refractivity contribution >= 4 is 11.6 Å². The average molecular weight is 270 g/mol. The van der Waals surface area contributed by atoms with Gasteiger partial charge in [-0.05, 0) is 36.1 Å². The van der Waals surface area contributed by atoms with Crippen LogP contribution in [0.3, 0.4) is 0 Å². The van der Waals surface area contributed by atoms with Gasteiger partial charge in [0.2, 0.25) is 5.91 Å². The largest absolute Gasteiger partial charge is 0.327 e. The van der Waals surface area contributed by atoms with Gasteiger partial charge in [-0.15, -0.1) is 0 Å². The van der Waals surface area contributed by atoms with Crippen LogP contribution in [0.5, 0.6) is 0 Å². The van der Waals surface area contributed by atoms with Crippen LogP contribution in [0.15, 0.2) is 47.4 Å². The van der Waals surface area contributed by atoms with Crippen LogP contribution < -0.4 is 10.9 Å². The lowest BCUT2D eigenvalue weighted by Gasteiger charge is -2.05. The molecule has 0 atom stereocenters. The molecule has 0 saturated heterocycles. The van der Waals surface area contributed by atoms with Crippen LogP contribution in [0.2, 0.25) is 0 Å². The molecule has 0 unspecified atom stereocenters. The van der Waals surface area contributed by atoms with Crippen LogP contribution in [0, 0.1) is 0 Å². The maximum Gasteiger partial charge on any atom is 0.271 e. The third kappa shape index (κ3) is 3.82. The monoisotopic (exact) mass is 270 g/mol. The molecule has 0 fully saturated rings. The molecule has 104 valence electrons. The van der Waals surface area contributed by atoms with Gasteiger partial charge in [-0.2, -0.15) is 0 Å². The summed E-state index contributed by atoms with van der Waals surface area (Å²) >= 11 is 0. The lowest BCUT2D eigenvalue weighted by molar-refractivity contribution is -0.116. The molecule has 4 heteroatoms. The van der Waals surface area contributed by atoms with Crippen molar-refractivity contribution in [3.8, 4) is 0 Å². The molecule has 1 aromatic heterocycles. The van der Waals surface area contributed by atoms with Crippen molar-refractivity contribution in [1.29, 1.82) is 0 Å². The van der Waals surface area contributed by atoms with E-state index < -0.39 is 0 Å². The van der Waals surface area contributed by atoms with Crippen LogP contribution in [0.1, 0.15) is 24.5 Å². The Morgan fingerprint density at radius 2 is 1.85 bits per heavy atom. The molecule has 0 aliphatic rings. The highest BCUT2D eigenvalue weighted by Gasteiger charge is 2.05. The Morgan fingerprint density at radius 3 is 2.50 bits per heavy atom. The number of anilines is 1. The molecule has 2 rings (SSSR count). The number of amides is 1. The van der Waals surface area contributed by atoms with Crippen LogP contribution in [0.4, 0.5) is 5.69 Å². The van der Waals surface area contributed by atoms with Crippen molar-refractivity contribution in [1.82, 2.24) is 4.98 Å². The number of carbonyl (C=O) groups excluding carboxylic acids is 1. The topological polar surface area (TPSA) is 62.0 Å². The Bertz CT molecular complexity index is 629. The maximum atomic E-state index is 11.8. The van der Waals surface area contributed by atoms with Gasteiger partial charge in [-0.1, -0.05) is 31.2 Å². The third-order valence-electron chi connectivity index (χ3n) is 3.16. The summed E-state index contributed by atoms with van der Waals surface area (Å²) < 4.78 is 0. The van der Waals surface area contributed by atoms with Crippen molar-refractivity contribution < 1.29 is 4.79 Å². The molecule has 2 aromatic rings. The second-order valence-corrected chi connectivity index (χ2v) is 4.63. The van der Waals surface area contributed by atoms with E-state index in [1.807, 2.05) is 12.1 Å². The molecule has 20 heavy (non-hydrogen) atoms. The minimum atomic E-state index is -0.284. The van der Waals surface area contributed by atoms with E-state index in [4.69, 9.17) is 0 Å². The van der Waals surface area contributed by atoms with E-state index in [9.17, 15) is 9.59 Å². The van der Waals surface area contributed by atoms with Crippen molar-refractivity contribution in [3.63, 3.8) is 0 Å². The summed E-state index contributed by atoms with van der Waals surface area (Å²) in [6, 6.07) is 11.5. The number of aromatic amines is 1. The predicted octanol–water partition coefficient (Wildman–Crippen LogP) is 2.51. The first-order valence-corrected chi connectivity index (χ1v) is 6.74. The number of hydrogen-bond donors (Lipinski definition) is 2. The summed E-state index contributed by atoms with van der Waals surface area (Å²) in [6.07, 6.45) is 3.57. The number of carbonyl (C=O) groups is 1. The van der Waals surface area contributed by atoms with Crippen LogP contribution >= 0.6 is 0 Å². The molecular formula is C16H18N2O2. The van der Waals surface area contributed by atoms with Gasteiger partial charge in [0, 0.05) is 12.6 Å². The number of H-pyrrole nitrogens is 1. The Balaban J connectivity index is 1.89. The molecule has 0 bridgehead atoms. The summed E-state index contributed by atoms with van der Waals surface area (Å²) in [5.41, 5.74) is 2.42. The molecule has 1 heterocycles. The van der Waals surface area contributed by atoms with Crippen molar-refractivity contribution in [2.75, 3.05) is 5.32 Å². The normalized spacial score (nSPS) is 10.2. The Hall–Kier alpha value is -2.36. The smallest absolute Gasteiger partial charge is 0.271 e. The molecule has 0 spiro atoms. The zero-order chi connectivity index (χ0) is 14.4. The van der Waals surface area contributed by atoms with E-state index in [-0.39, 0.29) is 11.5 Å². The highest BCUT2D eigenvalue weighted by atomic mass is 16.2. The Labute approximate surface area is 117 Å². The molecular weight excluding hydrogens is 252 g/mol. The average Bonchev–Trinajstić information content (AvgIpc) is 2.48. The highest BCUT2D eigenvalue weighted by Crippen LogP contribution is 2.08. The standard InChI is InChI=1S/C16H18N2O2/c1-2-12-5-7-13(8-6-12)9-10-15(19)18-14-4-3-11-17-16(14)20/h3-8,11H,2,9-10H2,1H3,(H,17,20)(H,18,19). The van der Waals surface area contributed by atoms with Gasteiger partial charge < -0.3 is 10.3 Å². The minimum absolute atomic E-state index is 0.152. The minimum Gasteiger partial charge on any atom is -0.327 e. The molecule has 0 saturated carbocycles. The van der Waals surface area contributed by atoms with Crippen molar-refractivity contribution in [3.05, 3.63) is 64.1 Å². The summed E-state index contributed by atoms with van der Waals surface area (Å²) in [4.78, 5) is 25.7. The van der Waals surface area contributed by atoms with Crippen molar-refractivity contribution in [2.45, 2.75) is 26.2 Å². The van der Waals surface area contributed by atoms with Gasteiger partial charge in [0.15, 0.2) is 0 Å². The van der Waals surface area contributed by atoms with E-state index >= 15 is 0 Å². The molecule has 0 radical (unpaired) electrons. The highest BCUT2D eigenvalue weighted by molar-refractivity contribution is 5.90. The van der Waals surface area contributed by atoms with Gasteiger partial charge in [0.1, 0.15) is 5.69 Å². The molecule has 4 nitrogen and oxygen atoms in total. The van der Waals surface area contributed by atoms with E-state index in [1.165, 1.54) is 11.8 Å². The second-order valence-electron chi connectivity index (χ2n) is 4.63. The lowest BCUT2D eigenvalue weighted by atomic mass is 10.1. The number of rotatable bonds is 5. The third-order valence-corrected chi connectivity index (χ3v) is 3.16. The fraction of sp³-hybridized carbons (Fsp3) is 0.250. The summed E-state index contributed by atoms with van der Waals surface area (Å²) in [5.74, 6) is -0.152. The van der Waals surface area contributed by atoms with Gasteiger partial charge in [-0.3, -0.25) is 9.59 Å². The molecule has 1 aromatic carbocycles. The van der Waals surface area contributed by atoms with E-state index in [2.05, 4.69) is 29.4 Å². The fourth-order valence-electron chi connectivity index (χ4n) is 1.93. The quantitative estimate of drug-likeness (QED) is 0.877. The summed E-state index contributed by atoms with van der Waals surface area (Å²) in [6.45, 7) is 2.11. The zero-order valence-electron chi connectivity index (χ0n) is 11.5. The van der Waals surface area contributed by atoms with E-state index in [1.54, 1.807) is 12.1 Å². The van der Waals surface area contributed by atoms with Crippen LogP contribution in [-0.4, -0.2) is 10.9 Å². The molecule has 0 aliphatic heterocycles. The fourth-order valence-corrected chi connectivity index (χ4v) is 1.93. The Kier molecular flexibility index (Phi) is 4.71. The first-order chi connectivity index (χ1) is 9.69. The van der Waals surface area contributed by atoms with Crippen LogP contribution in [-0.2, 0) is 17.6 Å². The van der Waals surface area contributed by atoms with Gasteiger partial charge in [0.05, 0.1) is 0 Å². The lowest BCUT2D eigenvalue weighted by Crippen LogP contribution is -2.19. The molecule has 1 amide bonds. The molecule has 0 aliphatic carbocycles. The first-order valence-electron chi connectivity index (χ1n) is 6.74. The summed E-state index contributed by atoms with van der Waals surface area (Å²) in [7, 11) is 0. The second kappa shape index (κ2) is 6.70. The number of benzene rings is 1.